The van der Waals surface area contributed by atoms with Crippen molar-refractivity contribution in [3.63, 3.8) is 0 Å². The Hall–Kier alpha value is -1.81. The van der Waals surface area contributed by atoms with E-state index < -0.39 is 5.97 Å². The minimum absolute atomic E-state index is 0.104. The number of hydrogen-bond donors (Lipinski definition) is 2. The molecule has 0 fully saturated rings. The average Bonchev–Trinajstić information content (AvgIpc) is 2.74. The number of aromatic carboxylic acids is 1. The van der Waals surface area contributed by atoms with E-state index in [1.54, 1.807) is 6.07 Å². The van der Waals surface area contributed by atoms with E-state index in [9.17, 15) is 9.90 Å². The molecule has 0 atom stereocenters. The second kappa shape index (κ2) is 6.53. The number of aromatic nitrogens is 1. The highest BCUT2D eigenvalue weighted by Crippen LogP contribution is 2.32. The van der Waals surface area contributed by atoms with Gasteiger partial charge in [0.05, 0.1) is 11.1 Å². The Kier molecular flexibility index (Phi) is 4.91. The summed E-state index contributed by atoms with van der Waals surface area (Å²) in [6, 6.07) is 3.93. The summed E-state index contributed by atoms with van der Waals surface area (Å²) in [5, 5.41) is 19.8. The summed E-state index contributed by atoms with van der Waals surface area (Å²) < 4.78 is 2.05. The van der Waals surface area contributed by atoms with Gasteiger partial charge in [0.15, 0.2) is 0 Å². The first kappa shape index (κ1) is 16.6. The summed E-state index contributed by atoms with van der Waals surface area (Å²) in [6.45, 7) is 9.03. The number of aliphatic hydroxyl groups is 1. The molecule has 1 heterocycles. The van der Waals surface area contributed by atoms with Crippen molar-refractivity contribution in [1.82, 2.24) is 4.57 Å². The van der Waals surface area contributed by atoms with Gasteiger partial charge in [0.2, 0.25) is 0 Å². The highest BCUT2D eigenvalue weighted by molar-refractivity contribution is 6.04. The molecule has 2 aromatic rings. The Balaban J connectivity index is 2.85. The van der Waals surface area contributed by atoms with Crippen LogP contribution in [-0.2, 0) is 13.0 Å². The van der Waals surface area contributed by atoms with Crippen molar-refractivity contribution in [2.75, 3.05) is 6.61 Å². The lowest BCUT2D eigenvalue weighted by Gasteiger charge is -2.12. The second-order valence-electron chi connectivity index (χ2n) is 6.07. The van der Waals surface area contributed by atoms with Gasteiger partial charge in [-0.15, -0.1) is 0 Å². The molecule has 0 aliphatic heterocycles. The smallest absolute Gasteiger partial charge is 0.337 e. The standard InChI is InChI=1S/C18H25NO3/c1-5-14-12(4)19(7-6-8-20)17-15(14)9-13(11(2)3)10-16(17)18(21)22/h9-11,20H,5-8H2,1-4H3,(H,21,22). The highest BCUT2D eigenvalue weighted by atomic mass is 16.4. The summed E-state index contributed by atoms with van der Waals surface area (Å²) in [7, 11) is 0. The van der Waals surface area contributed by atoms with Gasteiger partial charge >= 0.3 is 5.97 Å². The molecule has 2 rings (SSSR count). The average molecular weight is 303 g/mol. The van der Waals surface area contributed by atoms with Crippen molar-refractivity contribution in [1.29, 1.82) is 0 Å². The number of nitrogens with zero attached hydrogens (tertiary/aromatic N) is 1. The fourth-order valence-corrected chi connectivity index (χ4v) is 3.15. The van der Waals surface area contributed by atoms with E-state index in [-0.39, 0.29) is 12.5 Å². The van der Waals surface area contributed by atoms with E-state index in [1.165, 1.54) is 5.56 Å². The second-order valence-corrected chi connectivity index (χ2v) is 6.07. The Bertz CT molecular complexity index is 698. The highest BCUT2D eigenvalue weighted by Gasteiger charge is 2.20. The summed E-state index contributed by atoms with van der Waals surface area (Å²) in [5.74, 6) is -0.605. The van der Waals surface area contributed by atoms with Crippen LogP contribution >= 0.6 is 0 Å². The van der Waals surface area contributed by atoms with Crippen LogP contribution in [0.5, 0.6) is 0 Å². The molecule has 1 aromatic carbocycles. The molecule has 0 aliphatic carbocycles. The number of carboxylic acid groups (broad SMARTS) is 1. The molecule has 0 aliphatic rings. The van der Waals surface area contributed by atoms with Crippen molar-refractivity contribution >= 4 is 16.9 Å². The number of aliphatic hydroxyl groups excluding tert-OH is 1. The predicted molar refractivity (Wildman–Crippen MR) is 88.8 cm³/mol. The van der Waals surface area contributed by atoms with Crippen molar-refractivity contribution in [2.24, 2.45) is 0 Å². The molecule has 0 radical (unpaired) electrons. The van der Waals surface area contributed by atoms with E-state index in [1.807, 2.05) is 6.92 Å². The first-order valence-electron chi connectivity index (χ1n) is 7.92. The number of aryl methyl sites for hydroxylation is 2. The van der Waals surface area contributed by atoms with Crippen LogP contribution in [-0.4, -0.2) is 27.4 Å². The van der Waals surface area contributed by atoms with Crippen LogP contribution in [0.2, 0.25) is 0 Å². The molecule has 0 bridgehead atoms. The predicted octanol–water partition coefficient (Wildman–Crippen LogP) is 3.72. The van der Waals surface area contributed by atoms with Gasteiger partial charge < -0.3 is 14.8 Å². The van der Waals surface area contributed by atoms with Crippen LogP contribution in [0.4, 0.5) is 0 Å². The minimum Gasteiger partial charge on any atom is -0.478 e. The Morgan fingerprint density at radius 3 is 2.50 bits per heavy atom. The van der Waals surface area contributed by atoms with E-state index in [4.69, 9.17) is 5.11 Å². The van der Waals surface area contributed by atoms with Gasteiger partial charge in [-0.3, -0.25) is 0 Å². The van der Waals surface area contributed by atoms with Crippen LogP contribution in [0, 0.1) is 6.92 Å². The van der Waals surface area contributed by atoms with E-state index in [0.717, 1.165) is 28.6 Å². The van der Waals surface area contributed by atoms with Crippen molar-refractivity contribution in [3.8, 4) is 0 Å². The van der Waals surface area contributed by atoms with Crippen LogP contribution in [0.1, 0.15) is 60.3 Å². The van der Waals surface area contributed by atoms with Gasteiger partial charge in [0, 0.05) is 24.2 Å². The first-order chi connectivity index (χ1) is 10.4. The summed E-state index contributed by atoms with van der Waals surface area (Å²) in [6.07, 6.45) is 1.49. The minimum atomic E-state index is -0.891. The van der Waals surface area contributed by atoms with Crippen LogP contribution in [0.3, 0.4) is 0 Å². The lowest BCUT2D eigenvalue weighted by molar-refractivity contribution is 0.0698. The fourth-order valence-electron chi connectivity index (χ4n) is 3.15. The number of hydrogen-bond acceptors (Lipinski definition) is 2. The van der Waals surface area contributed by atoms with E-state index in [0.29, 0.717) is 18.5 Å². The number of benzene rings is 1. The first-order valence-corrected chi connectivity index (χ1v) is 7.92. The maximum Gasteiger partial charge on any atom is 0.337 e. The molecule has 0 unspecified atom stereocenters. The normalized spacial score (nSPS) is 11.5. The molecule has 0 saturated carbocycles. The number of rotatable bonds is 6. The van der Waals surface area contributed by atoms with Crippen molar-refractivity contribution in [3.05, 3.63) is 34.5 Å². The van der Waals surface area contributed by atoms with Gasteiger partial charge in [0.1, 0.15) is 0 Å². The third-order valence-corrected chi connectivity index (χ3v) is 4.36. The summed E-state index contributed by atoms with van der Waals surface area (Å²) in [4.78, 5) is 11.8. The van der Waals surface area contributed by atoms with Gasteiger partial charge in [-0.25, -0.2) is 4.79 Å². The molecule has 22 heavy (non-hydrogen) atoms. The van der Waals surface area contributed by atoms with Gasteiger partial charge in [-0.05, 0) is 48.9 Å². The van der Waals surface area contributed by atoms with E-state index >= 15 is 0 Å². The Morgan fingerprint density at radius 2 is 2.00 bits per heavy atom. The maximum absolute atomic E-state index is 11.8. The molecular formula is C18H25NO3. The fraction of sp³-hybridized carbons (Fsp3) is 0.500. The maximum atomic E-state index is 11.8. The topological polar surface area (TPSA) is 62.5 Å². The van der Waals surface area contributed by atoms with Crippen molar-refractivity contribution < 1.29 is 15.0 Å². The zero-order valence-corrected chi connectivity index (χ0v) is 13.8. The summed E-state index contributed by atoms with van der Waals surface area (Å²) in [5.41, 5.74) is 4.52. The molecule has 0 spiro atoms. The molecule has 1 aromatic heterocycles. The lowest BCUT2D eigenvalue weighted by atomic mass is 9.96. The third-order valence-electron chi connectivity index (χ3n) is 4.36. The summed E-state index contributed by atoms with van der Waals surface area (Å²) >= 11 is 0. The lowest BCUT2D eigenvalue weighted by Crippen LogP contribution is -2.07. The molecule has 0 amide bonds. The molecule has 0 saturated heterocycles. The zero-order valence-electron chi connectivity index (χ0n) is 13.8. The van der Waals surface area contributed by atoms with Crippen molar-refractivity contribution in [2.45, 2.75) is 53.0 Å². The van der Waals surface area contributed by atoms with Crippen LogP contribution in [0.25, 0.3) is 10.9 Å². The molecule has 4 nitrogen and oxygen atoms in total. The van der Waals surface area contributed by atoms with Gasteiger partial charge in [-0.2, -0.15) is 0 Å². The molecule has 2 N–H and O–H groups in total. The van der Waals surface area contributed by atoms with Gasteiger partial charge in [0.25, 0.3) is 0 Å². The number of fused-ring (bicyclic) bond motifs is 1. The Labute approximate surface area is 131 Å². The molecule has 120 valence electrons. The molecular weight excluding hydrogens is 278 g/mol. The SMILES string of the molecule is CCc1c(C)n(CCCO)c2c(C(=O)O)cc(C(C)C)cc12. The quantitative estimate of drug-likeness (QED) is 0.855. The third kappa shape index (κ3) is 2.75. The number of carboxylic acids is 1. The van der Waals surface area contributed by atoms with Crippen LogP contribution in [0.15, 0.2) is 12.1 Å². The zero-order chi connectivity index (χ0) is 16.4. The van der Waals surface area contributed by atoms with E-state index in [2.05, 4.69) is 31.4 Å². The van der Waals surface area contributed by atoms with Gasteiger partial charge in [-0.1, -0.05) is 20.8 Å². The monoisotopic (exact) mass is 303 g/mol. The number of carbonyl (C=O) groups is 1. The molecule has 4 heteroatoms. The Morgan fingerprint density at radius 1 is 1.32 bits per heavy atom. The van der Waals surface area contributed by atoms with Crippen LogP contribution < -0.4 is 0 Å². The largest absolute Gasteiger partial charge is 0.478 e.